The second-order valence-corrected chi connectivity index (χ2v) is 5.93. The molecule has 0 aromatic carbocycles. The number of carbonyl (C=O) groups excluding carboxylic acids is 1. The third-order valence-electron chi connectivity index (χ3n) is 3.15. The lowest BCUT2D eigenvalue weighted by Crippen LogP contribution is -2.46. The molecule has 0 bridgehead atoms. The molecule has 0 saturated carbocycles. The molecule has 1 heterocycles. The zero-order chi connectivity index (χ0) is 14.3. The lowest BCUT2D eigenvalue weighted by atomic mass is 9.86. The van der Waals surface area contributed by atoms with E-state index in [1.54, 1.807) is 12.5 Å². The average molecular weight is 267 g/mol. The number of hydrogen-bond donors (Lipinski definition) is 2. The van der Waals surface area contributed by atoms with E-state index in [4.69, 9.17) is 5.11 Å². The van der Waals surface area contributed by atoms with E-state index in [0.717, 1.165) is 13.0 Å². The molecular formula is C14H25N3O2. The van der Waals surface area contributed by atoms with Crippen LogP contribution in [0.15, 0.2) is 18.7 Å². The minimum atomic E-state index is -0.0170. The Hall–Kier alpha value is -1.36. The van der Waals surface area contributed by atoms with Gasteiger partial charge in [0.05, 0.1) is 12.4 Å². The van der Waals surface area contributed by atoms with Gasteiger partial charge in [-0.3, -0.25) is 4.79 Å². The molecule has 2 N–H and O–H groups in total. The van der Waals surface area contributed by atoms with E-state index in [0.29, 0.717) is 12.8 Å². The molecule has 0 fully saturated rings. The van der Waals surface area contributed by atoms with Gasteiger partial charge in [-0.25, -0.2) is 4.98 Å². The Kier molecular flexibility index (Phi) is 6.02. The molecule has 1 amide bonds. The molecule has 19 heavy (non-hydrogen) atoms. The number of hydrogen-bond acceptors (Lipinski definition) is 3. The van der Waals surface area contributed by atoms with Crippen molar-refractivity contribution >= 4 is 5.91 Å². The minimum Gasteiger partial charge on any atom is -0.396 e. The van der Waals surface area contributed by atoms with Crippen molar-refractivity contribution in [2.75, 3.05) is 6.61 Å². The van der Waals surface area contributed by atoms with Crippen LogP contribution < -0.4 is 5.32 Å². The number of rotatable bonds is 7. The molecule has 0 aliphatic heterocycles. The molecule has 0 spiro atoms. The van der Waals surface area contributed by atoms with E-state index in [9.17, 15) is 4.79 Å². The first-order chi connectivity index (χ1) is 8.93. The van der Waals surface area contributed by atoms with Gasteiger partial charge in [-0.15, -0.1) is 0 Å². The van der Waals surface area contributed by atoms with Crippen LogP contribution in [0.4, 0.5) is 0 Å². The summed E-state index contributed by atoms with van der Waals surface area (Å²) in [5, 5.41) is 11.8. The van der Waals surface area contributed by atoms with Crippen LogP contribution in [0.1, 0.15) is 40.0 Å². The largest absolute Gasteiger partial charge is 0.396 e. The number of nitrogens with one attached hydrogen (secondary N) is 1. The van der Waals surface area contributed by atoms with Crippen molar-refractivity contribution in [3.05, 3.63) is 18.7 Å². The van der Waals surface area contributed by atoms with Gasteiger partial charge in [-0.05, 0) is 18.3 Å². The summed E-state index contributed by atoms with van der Waals surface area (Å²) >= 11 is 0. The first-order valence-electron chi connectivity index (χ1n) is 6.79. The van der Waals surface area contributed by atoms with Crippen molar-refractivity contribution in [2.24, 2.45) is 5.41 Å². The molecule has 1 aromatic rings. The molecule has 1 aromatic heterocycles. The summed E-state index contributed by atoms with van der Waals surface area (Å²) in [5.41, 5.74) is -0.0170. The quantitative estimate of drug-likeness (QED) is 0.737. The highest BCUT2D eigenvalue weighted by atomic mass is 16.3. The Morgan fingerprint density at radius 1 is 1.42 bits per heavy atom. The summed E-state index contributed by atoms with van der Waals surface area (Å²) in [6.45, 7) is 7.20. The fourth-order valence-corrected chi connectivity index (χ4v) is 1.81. The third-order valence-corrected chi connectivity index (χ3v) is 3.15. The van der Waals surface area contributed by atoms with Crippen molar-refractivity contribution < 1.29 is 9.90 Å². The van der Waals surface area contributed by atoms with Gasteiger partial charge in [0.2, 0.25) is 5.91 Å². The number of unbranched alkanes of at least 4 members (excludes halogenated alkanes) is 1. The monoisotopic (exact) mass is 267 g/mol. The second-order valence-electron chi connectivity index (χ2n) is 5.93. The lowest BCUT2D eigenvalue weighted by molar-refractivity contribution is -0.122. The molecule has 5 nitrogen and oxygen atoms in total. The standard InChI is InChI=1S/C14H25N3O2/c1-14(2,3)12(10-17-8-7-15-11-17)16-13(19)6-4-5-9-18/h7-8,11-12,18H,4-6,9-10H2,1-3H3,(H,16,19). The molecular weight excluding hydrogens is 242 g/mol. The van der Waals surface area contributed by atoms with Gasteiger partial charge in [-0.2, -0.15) is 0 Å². The van der Waals surface area contributed by atoms with E-state index in [2.05, 4.69) is 31.1 Å². The molecule has 1 unspecified atom stereocenters. The number of nitrogens with zero attached hydrogens (tertiary/aromatic N) is 2. The highest BCUT2D eigenvalue weighted by Crippen LogP contribution is 2.21. The van der Waals surface area contributed by atoms with Gasteiger partial charge in [0, 0.05) is 32.0 Å². The van der Waals surface area contributed by atoms with Crippen molar-refractivity contribution in [3.63, 3.8) is 0 Å². The van der Waals surface area contributed by atoms with Gasteiger partial charge in [0.1, 0.15) is 0 Å². The summed E-state index contributed by atoms with van der Waals surface area (Å²) in [5.74, 6) is 0.0495. The summed E-state index contributed by atoms with van der Waals surface area (Å²) < 4.78 is 1.98. The second kappa shape index (κ2) is 7.28. The average Bonchev–Trinajstić information content (AvgIpc) is 2.80. The number of imidazole rings is 1. The maximum Gasteiger partial charge on any atom is 0.220 e. The van der Waals surface area contributed by atoms with Gasteiger partial charge >= 0.3 is 0 Å². The maximum atomic E-state index is 11.9. The van der Waals surface area contributed by atoms with Crippen molar-refractivity contribution in [1.29, 1.82) is 0 Å². The SMILES string of the molecule is CC(C)(C)C(Cn1ccnc1)NC(=O)CCCCO. The van der Waals surface area contributed by atoms with E-state index in [1.807, 2.05) is 10.8 Å². The third kappa shape index (κ3) is 5.87. The van der Waals surface area contributed by atoms with Crippen LogP contribution in [0.5, 0.6) is 0 Å². The number of amides is 1. The zero-order valence-electron chi connectivity index (χ0n) is 12.1. The molecule has 1 rings (SSSR count). The molecule has 5 heteroatoms. The number of aliphatic hydroxyl groups excluding tert-OH is 1. The molecule has 0 aliphatic carbocycles. The van der Waals surface area contributed by atoms with E-state index < -0.39 is 0 Å². The fraction of sp³-hybridized carbons (Fsp3) is 0.714. The van der Waals surface area contributed by atoms with Crippen molar-refractivity contribution in [2.45, 2.75) is 52.6 Å². The summed E-state index contributed by atoms with van der Waals surface area (Å²) in [6, 6.07) is 0.0586. The topological polar surface area (TPSA) is 67.2 Å². The molecule has 0 aliphatic rings. The smallest absolute Gasteiger partial charge is 0.220 e. The van der Waals surface area contributed by atoms with Crippen LogP contribution >= 0.6 is 0 Å². The predicted octanol–water partition coefficient (Wildman–Crippen LogP) is 1.58. The molecule has 0 saturated heterocycles. The lowest BCUT2D eigenvalue weighted by Gasteiger charge is -2.31. The maximum absolute atomic E-state index is 11.9. The van der Waals surface area contributed by atoms with E-state index in [-0.39, 0.29) is 24.0 Å². The Labute approximate surface area is 115 Å². The first-order valence-corrected chi connectivity index (χ1v) is 6.79. The predicted molar refractivity (Wildman–Crippen MR) is 74.5 cm³/mol. The number of carbonyl (C=O) groups is 1. The highest BCUT2D eigenvalue weighted by molar-refractivity contribution is 5.76. The molecule has 108 valence electrons. The normalized spacial score (nSPS) is 13.3. The Morgan fingerprint density at radius 3 is 2.68 bits per heavy atom. The Morgan fingerprint density at radius 2 is 2.16 bits per heavy atom. The van der Waals surface area contributed by atoms with Crippen molar-refractivity contribution in [1.82, 2.24) is 14.9 Å². The van der Waals surface area contributed by atoms with E-state index >= 15 is 0 Å². The Balaban J connectivity index is 2.53. The van der Waals surface area contributed by atoms with E-state index in [1.165, 1.54) is 0 Å². The molecule has 1 atom stereocenters. The Bertz CT molecular complexity index is 369. The van der Waals surface area contributed by atoms with Crippen LogP contribution in [0.3, 0.4) is 0 Å². The van der Waals surface area contributed by atoms with Crippen LogP contribution in [-0.4, -0.2) is 33.2 Å². The minimum absolute atomic E-state index is 0.0170. The zero-order valence-corrected chi connectivity index (χ0v) is 12.1. The number of aromatic nitrogens is 2. The highest BCUT2D eigenvalue weighted by Gasteiger charge is 2.26. The van der Waals surface area contributed by atoms with Gasteiger partial charge in [0.15, 0.2) is 0 Å². The fourth-order valence-electron chi connectivity index (χ4n) is 1.81. The first kappa shape index (κ1) is 15.7. The summed E-state index contributed by atoms with van der Waals surface area (Å²) in [7, 11) is 0. The van der Waals surface area contributed by atoms with Crippen molar-refractivity contribution in [3.8, 4) is 0 Å². The van der Waals surface area contributed by atoms with Crippen LogP contribution in [0.25, 0.3) is 0 Å². The van der Waals surface area contributed by atoms with Crippen LogP contribution in [-0.2, 0) is 11.3 Å². The number of aliphatic hydroxyl groups is 1. The van der Waals surface area contributed by atoms with Gasteiger partial charge in [0.25, 0.3) is 0 Å². The van der Waals surface area contributed by atoms with Gasteiger partial charge in [-0.1, -0.05) is 20.8 Å². The van der Waals surface area contributed by atoms with Gasteiger partial charge < -0.3 is 15.0 Å². The summed E-state index contributed by atoms with van der Waals surface area (Å²) in [4.78, 5) is 15.9. The summed E-state index contributed by atoms with van der Waals surface area (Å²) in [6.07, 6.45) is 7.27. The van der Waals surface area contributed by atoms with Crippen LogP contribution in [0.2, 0.25) is 0 Å². The molecule has 0 radical (unpaired) electrons. The van der Waals surface area contributed by atoms with Crippen LogP contribution in [0, 0.1) is 5.41 Å².